The molecule has 9 unspecified atom stereocenters. The molecule has 0 aromatic carbocycles. The van der Waals surface area contributed by atoms with Crippen molar-refractivity contribution in [1.29, 1.82) is 0 Å². The van der Waals surface area contributed by atoms with Crippen molar-refractivity contribution >= 4 is 0 Å². The summed E-state index contributed by atoms with van der Waals surface area (Å²) in [4.78, 5) is 0. The van der Waals surface area contributed by atoms with E-state index in [1.54, 1.807) is 0 Å². The van der Waals surface area contributed by atoms with E-state index in [0.717, 1.165) is 37.0 Å². The predicted molar refractivity (Wildman–Crippen MR) is 128 cm³/mol. The molecule has 0 aliphatic heterocycles. The quantitative estimate of drug-likeness (QED) is 0.460. The molecule has 0 spiro atoms. The molecular formula is C29H46O. The fourth-order valence-electron chi connectivity index (χ4n) is 8.49. The molecule has 4 aliphatic rings. The molecule has 30 heavy (non-hydrogen) atoms. The van der Waals surface area contributed by atoms with Crippen molar-refractivity contribution in [3.05, 3.63) is 36.0 Å². The van der Waals surface area contributed by atoms with Crippen molar-refractivity contribution in [2.45, 2.75) is 98.5 Å². The normalized spacial score (nSPS) is 45.3. The highest BCUT2D eigenvalue weighted by Gasteiger charge is 2.57. The zero-order valence-corrected chi connectivity index (χ0v) is 20.3. The SMILES string of the molecule is C=C(C)C(/C=C/C(C)C1CCC2C3=CCC4CC(O)CCC4(C)C3CCC21C)CC. The van der Waals surface area contributed by atoms with E-state index in [9.17, 15) is 5.11 Å². The minimum absolute atomic E-state index is 0.0541. The lowest BCUT2D eigenvalue weighted by Gasteiger charge is -2.57. The minimum Gasteiger partial charge on any atom is -0.393 e. The Labute approximate surface area is 186 Å². The van der Waals surface area contributed by atoms with E-state index < -0.39 is 0 Å². The lowest BCUT2D eigenvalue weighted by Crippen LogP contribution is -2.49. The summed E-state index contributed by atoms with van der Waals surface area (Å²) in [6.07, 6.45) is 18.8. The largest absolute Gasteiger partial charge is 0.393 e. The van der Waals surface area contributed by atoms with E-state index in [4.69, 9.17) is 0 Å². The summed E-state index contributed by atoms with van der Waals surface area (Å²) < 4.78 is 0. The fourth-order valence-corrected chi connectivity index (χ4v) is 8.49. The maximum atomic E-state index is 10.3. The zero-order chi connectivity index (χ0) is 21.7. The Bertz CT molecular complexity index is 716. The second kappa shape index (κ2) is 8.27. The van der Waals surface area contributed by atoms with Gasteiger partial charge in [-0.25, -0.2) is 0 Å². The summed E-state index contributed by atoms with van der Waals surface area (Å²) in [5.41, 5.74) is 4.04. The molecule has 168 valence electrons. The molecule has 9 atom stereocenters. The minimum atomic E-state index is -0.0541. The molecule has 4 rings (SSSR count). The standard InChI is InChI=1S/C29H46O/c1-7-21(19(2)3)9-8-20(4)25-12-13-26-24-11-10-22-18-23(30)14-16-28(22,5)27(24)15-17-29(25,26)6/h8-9,11,20-23,25-27,30H,2,7,10,12-18H2,1,3-6H3/b9-8+. The van der Waals surface area contributed by atoms with Gasteiger partial charge in [-0.15, -0.1) is 0 Å². The lowest BCUT2D eigenvalue weighted by molar-refractivity contribution is -0.0414. The first-order valence-corrected chi connectivity index (χ1v) is 12.9. The van der Waals surface area contributed by atoms with Gasteiger partial charge in [0.2, 0.25) is 0 Å². The van der Waals surface area contributed by atoms with Crippen molar-refractivity contribution in [3.8, 4) is 0 Å². The van der Waals surface area contributed by atoms with Crippen LogP contribution >= 0.6 is 0 Å². The van der Waals surface area contributed by atoms with Crippen LogP contribution in [0.2, 0.25) is 0 Å². The first kappa shape index (κ1) is 22.4. The topological polar surface area (TPSA) is 20.2 Å². The van der Waals surface area contributed by atoms with Crippen LogP contribution in [0, 0.1) is 46.3 Å². The molecule has 0 heterocycles. The highest BCUT2D eigenvalue weighted by Crippen LogP contribution is 2.66. The summed E-state index contributed by atoms with van der Waals surface area (Å²) in [5, 5.41) is 10.3. The number of hydrogen-bond acceptors (Lipinski definition) is 1. The molecule has 1 heteroatoms. The second-order valence-electron chi connectivity index (χ2n) is 12.0. The number of allylic oxidation sites excluding steroid dienone is 5. The summed E-state index contributed by atoms with van der Waals surface area (Å²) in [6.45, 7) is 16.3. The molecule has 3 fully saturated rings. The highest BCUT2D eigenvalue weighted by molar-refractivity contribution is 5.28. The molecule has 0 aromatic rings. The van der Waals surface area contributed by atoms with E-state index in [-0.39, 0.29) is 6.10 Å². The van der Waals surface area contributed by atoms with Gasteiger partial charge in [-0.05, 0) is 111 Å². The Morgan fingerprint density at radius 1 is 1.13 bits per heavy atom. The summed E-state index contributed by atoms with van der Waals surface area (Å²) in [5.74, 6) is 4.27. The molecule has 3 saturated carbocycles. The van der Waals surface area contributed by atoms with Crippen molar-refractivity contribution in [2.75, 3.05) is 0 Å². The number of aliphatic hydroxyl groups excluding tert-OH is 1. The van der Waals surface area contributed by atoms with Gasteiger partial charge in [-0.1, -0.05) is 63.6 Å². The first-order valence-electron chi connectivity index (χ1n) is 12.9. The first-order chi connectivity index (χ1) is 14.2. The van der Waals surface area contributed by atoms with Gasteiger partial charge in [0.15, 0.2) is 0 Å². The van der Waals surface area contributed by atoms with Gasteiger partial charge in [-0.2, -0.15) is 0 Å². The molecule has 0 radical (unpaired) electrons. The van der Waals surface area contributed by atoms with E-state index in [2.05, 4.69) is 59.4 Å². The van der Waals surface area contributed by atoms with Crippen LogP contribution in [0.15, 0.2) is 36.0 Å². The molecule has 0 amide bonds. The van der Waals surface area contributed by atoms with Crippen molar-refractivity contribution in [3.63, 3.8) is 0 Å². The molecular weight excluding hydrogens is 364 g/mol. The van der Waals surface area contributed by atoms with Gasteiger partial charge in [0.25, 0.3) is 0 Å². The van der Waals surface area contributed by atoms with Crippen molar-refractivity contribution < 1.29 is 5.11 Å². The third kappa shape index (κ3) is 3.58. The fraction of sp³-hybridized carbons (Fsp3) is 0.793. The van der Waals surface area contributed by atoms with Crippen LogP contribution in [-0.2, 0) is 0 Å². The second-order valence-corrected chi connectivity index (χ2v) is 12.0. The molecule has 1 nitrogen and oxygen atoms in total. The summed E-state index contributed by atoms with van der Waals surface area (Å²) in [6, 6.07) is 0. The van der Waals surface area contributed by atoms with Crippen molar-refractivity contribution in [2.24, 2.45) is 46.3 Å². The van der Waals surface area contributed by atoms with Gasteiger partial charge in [-0.3, -0.25) is 0 Å². The Morgan fingerprint density at radius 3 is 2.53 bits per heavy atom. The van der Waals surface area contributed by atoms with Crippen LogP contribution < -0.4 is 0 Å². The van der Waals surface area contributed by atoms with Crippen LogP contribution in [0.3, 0.4) is 0 Å². The molecule has 4 aliphatic carbocycles. The average Bonchev–Trinajstić information content (AvgIpc) is 3.06. The Balaban J connectivity index is 1.54. The summed E-state index contributed by atoms with van der Waals surface area (Å²) >= 11 is 0. The smallest absolute Gasteiger partial charge is 0.0543 e. The maximum Gasteiger partial charge on any atom is 0.0543 e. The average molecular weight is 411 g/mol. The van der Waals surface area contributed by atoms with Crippen LogP contribution in [0.25, 0.3) is 0 Å². The van der Waals surface area contributed by atoms with E-state index in [0.29, 0.717) is 28.6 Å². The molecule has 0 aromatic heterocycles. The van der Waals surface area contributed by atoms with Gasteiger partial charge >= 0.3 is 0 Å². The molecule has 0 saturated heterocycles. The number of fused-ring (bicyclic) bond motifs is 5. The Morgan fingerprint density at radius 2 is 1.83 bits per heavy atom. The van der Waals surface area contributed by atoms with Crippen molar-refractivity contribution in [1.82, 2.24) is 0 Å². The van der Waals surface area contributed by atoms with Gasteiger partial charge in [0.1, 0.15) is 0 Å². The van der Waals surface area contributed by atoms with Gasteiger partial charge in [0, 0.05) is 0 Å². The van der Waals surface area contributed by atoms with E-state index >= 15 is 0 Å². The van der Waals surface area contributed by atoms with Gasteiger partial charge in [0.05, 0.1) is 6.10 Å². The monoisotopic (exact) mass is 410 g/mol. The third-order valence-electron chi connectivity index (χ3n) is 10.5. The van der Waals surface area contributed by atoms with E-state index in [1.165, 1.54) is 44.1 Å². The maximum absolute atomic E-state index is 10.3. The van der Waals surface area contributed by atoms with Crippen LogP contribution in [0.4, 0.5) is 0 Å². The van der Waals surface area contributed by atoms with E-state index in [1.807, 2.05) is 5.57 Å². The Hall–Kier alpha value is -0.820. The predicted octanol–water partition coefficient (Wildman–Crippen LogP) is 7.72. The van der Waals surface area contributed by atoms with Crippen LogP contribution in [-0.4, -0.2) is 11.2 Å². The highest BCUT2D eigenvalue weighted by atomic mass is 16.3. The summed E-state index contributed by atoms with van der Waals surface area (Å²) in [7, 11) is 0. The lowest BCUT2D eigenvalue weighted by atomic mass is 9.47. The van der Waals surface area contributed by atoms with Crippen LogP contribution in [0.5, 0.6) is 0 Å². The van der Waals surface area contributed by atoms with Crippen LogP contribution in [0.1, 0.15) is 92.4 Å². The van der Waals surface area contributed by atoms with Gasteiger partial charge < -0.3 is 5.11 Å². The Kier molecular flexibility index (Phi) is 6.17. The molecule has 0 bridgehead atoms. The number of hydrogen-bond donors (Lipinski definition) is 1. The number of aliphatic hydroxyl groups is 1. The molecule has 1 N–H and O–H groups in total. The number of rotatable bonds is 5. The third-order valence-corrected chi connectivity index (χ3v) is 10.5. The zero-order valence-electron chi connectivity index (χ0n) is 20.3.